The van der Waals surface area contributed by atoms with Crippen molar-refractivity contribution < 1.29 is 4.79 Å². The summed E-state index contributed by atoms with van der Waals surface area (Å²) in [7, 11) is 0. The first kappa shape index (κ1) is 20.9. The molecule has 1 aromatic carbocycles. The average molecular weight is 449 g/mol. The van der Waals surface area contributed by atoms with Crippen LogP contribution in [0.5, 0.6) is 0 Å². The number of amides is 1. The van der Waals surface area contributed by atoms with Gasteiger partial charge in [-0.3, -0.25) is 4.79 Å². The molecule has 2 fully saturated rings. The zero-order valence-corrected chi connectivity index (χ0v) is 19.2. The Hall–Kier alpha value is -3.00. The molecule has 8 heteroatoms. The van der Waals surface area contributed by atoms with Crippen LogP contribution < -0.4 is 9.80 Å². The van der Waals surface area contributed by atoms with Crippen LogP contribution in [0.1, 0.15) is 34.6 Å². The zero-order valence-electron chi connectivity index (χ0n) is 18.4. The maximum atomic E-state index is 13.2. The third-order valence-corrected chi connectivity index (χ3v) is 7.42. The van der Waals surface area contributed by atoms with Crippen molar-refractivity contribution in [2.75, 3.05) is 49.1 Å². The molecule has 0 spiro atoms. The smallest absolute Gasteiger partial charge is 0.265 e. The first-order valence-electron chi connectivity index (χ1n) is 11.3. The Labute approximate surface area is 192 Å². The van der Waals surface area contributed by atoms with Gasteiger partial charge in [-0.2, -0.15) is 0 Å². The van der Waals surface area contributed by atoms with Crippen molar-refractivity contribution in [2.45, 2.75) is 26.2 Å². The second-order valence-corrected chi connectivity index (χ2v) is 9.36. The van der Waals surface area contributed by atoms with E-state index in [4.69, 9.17) is 0 Å². The van der Waals surface area contributed by atoms with E-state index in [0.717, 1.165) is 59.0 Å². The van der Waals surface area contributed by atoms with Crippen molar-refractivity contribution in [3.05, 3.63) is 53.3 Å². The van der Waals surface area contributed by atoms with Gasteiger partial charge in [0.15, 0.2) is 0 Å². The van der Waals surface area contributed by atoms with E-state index in [1.807, 2.05) is 42.2 Å². The third-order valence-electron chi connectivity index (χ3n) is 6.22. The van der Waals surface area contributed by atoms with Crippen LogP contribution in [0.3, 0.4) is 0 Å². The Morgan fingerprint density at radius 1 is 0.875 bits per heavy atom. The zero-order chi connectivity index (χ0) is 21.9. The highest BCUT2D eigenvalue weighted by molar-refractivity contribution is 7.17. The summed E-state index contributed by atoms with van der Waals surface area (Å²) in [5.74, 6) is 2.05. The van der Waals surface area contributed by atoms with E-state index in [-0.39, 0.29) is 5.91 Å². The summed E-state index contributed by atoms with van der Waals surface area (Å²) >= 11 is 1.49. The van der Waals surface area contributed by atoms with E-state index >= 15 is 0 Å². The molecule has 2 aliphatic rings. The topological polar surface area (TPSA) is 65.5 Å². The number of anilines is 2. The van der Waals surface area contributed by atoms with Gasteiger partial charge >= 0.3 is 0 Å². The molecule has 0 aliphatic carbocycles. The number of piperidine rings is 1. The van der Waals surface area contributed by atoms with Crippen molar-refractivity contribution in [1.29, 1.82) is 0 Å². The fraction of sp³-hybridized carbons (Fsp3) is 0.417. The van der Waals surface area contributed by atoms with Crippen molar-refractivity contribution in [2.24, 2.45) is 0 Å². The number of aromatic nitrogens is 3. The van der Waals surface area contributed by atoms with Gasteiger partial charge in [-0.1, -0.05) is 30.3 Å². The molecule has 5 rings (SSSR count). The van der Waals surface area contributed by atoms with E-state index in [9.17, 15) is 4.79 Å². The summed E-state index contributed by atoms with van der Waals surface area (Å²) in [5, 5.41) is 0.899. The number of rotatable bonds is 4. The van der Waals surface area contributed by atoms with E-state index in [0.29, 0.717) is 13.1 Å². The van der Waals surface area contributed by atoms with Crippen LogP contribution in [0.15, 0.2) is 42.7 Å². The second kappa shape index (κ2) is 9.24. The summed E-state index contributed by atoms with van der Waals surface area (Å²) in [6, 6.07) is 12.1. The molecular formula is C24H28N6OS. The number of piperazine rings is 1. The van der Waals surface area contributed by atoms with Gasteiger partial charge < -0.3 is 14.7 Å². The van der Waals surface area contributed by atoms with E-state index < -0.39 is 0 Å². The number of thiazole rings is 1. The highest BCUT2D eigenvalue weighted by Gasteiger charge is 2.26. The Morgan fingerprint density at radius 3 is 2.22 bits per heavy atom. The van der Waals surface area contributed by atoms with Gasteiger partial charge in [-0.25, -0.2) is 15.0 Å². The fourth-order valence-electron chi connectivity index (χ4n) is 4.39. The van der Waals surface area contributed by atoms with Crippen molar-refractivity contribution >= 4 is 28.9 Å². The van der Waals surface area contributed by atoms with Gasteiger partial charge in [-0.05, 0) is 26.2 Å². The lowest BCUT2D eigenvalue weighted by atomic mass is 10.1. The summed E-state index contributed by atoms with van der Waals surface area (Å²) in [6.07, 6.45) is 5.42. The summed E-state index contributed by atoms with van der Waals surface area (Å²) in [5.41, 5.74) is 1.86. The normalized spacial score (nSPS) is 17.0. The molecule has 0 unspecified atom stereocenters. The maximum absolute atomic E-state index is 13.2. The number of hydrogen-bond donors (Lipinski definition) is 0. The highest BCUT2D eigenvalue weighted by atomic mass is 32.1. The molecule has 1 amide bonds. The Morgan fingerprint density at radius 2 is 1.53 bits per heavy atom. The molecule has 0 radical (unpaired) electrons. The van der Waals surface area contributed by atoms with Crippen LogP contribution >= 0.6 is 11.3 Å². The highest BCUT2D eigenvalue weighted by Crippen LogP contribution is 2.29. The molecule has 0 N–H and O–H groups in total. The van der Waals surface area contributed by atoms with Crippen LogP contribution in [0.4, 0.5) is 11.6 Å². The van der Waals surface area contributed by atoms with E-state index in [1.54, 1.807) is 6.33 Å². The molecule has 0 atom stereocenters. The first-order chi connectivity index (χ1) is 15.7. The summed E-state index contributed by atoms with van der Waals surface area (Å²) in [6.45, 7) is 6.96. The average Bonchev–Trinajstić information content (AvgIpc) is 3.26. The Bertz CT molecular complexity index is 1070. The van der Waals surface area contributed by atoms with Gasteiger partial charge in [0.1, 0.15) is 27.8 Å². The molecule has 32 heavy (non-hydrogen) atoms. The van der Waals surface area contributed by atoms with Crippen LogP contribution in [0.2, 0.25) is 0 Å². The minimum atomic E-state index is 0.0820. The molecule has 2 aromatic heterocycles. The number of aryl methyl sites for hydroxylation is 1. The van der Waals surface area contributed by atoms with E-state index in [2.05, 4.69) is 30.8 Å². The molecule has 2 aliphatic heterocycles. The minimum Gasteiger partial charge on any atom is -0.356 e. The lowest BCUT2D eigenvalue weighted by Crippen LogP contribution is -2.49. The van der Waals surface area contributed by atoms with Crippen LogP contribution in [0.25, 0.3) is 10.6 Å². The number of carbonyl (C=O) groups is 1. The van der Waals surface area contributed by atoms with Gasteiger partial charge in [0, 0.05) is 50.9 Å². The molecule has 4 heterocycles. The van der Waals surface area contributed by atoms with Crippen LogP contribution in [-0.2, 0) is 0 Å². The van der Waals surface area contributed by atoms with Gasteiger partial charge in [0.05, 0.1) is 5.69 Å². The van der Waals surface area contributed by atoms with Crippen molar-refractivity contribution in [3.63, 3.8) is 0 Å². The SMILES string of the molecule is Cc1nc(-c2ccccc2)sc1C(=O)N1CCN(c2cc(N3CCCCC3)ncn2)CC1. The van der Waals surface area contributed by atoms with Gasteiger partial charge in [0.2, 0.25) is 0 Å². The Balaban J connectivity index is 1.24. The first-order valence-corrected chi connectivity index (χ1v) is 12.1. The number of hydrogen-bond acceptors (Lipinski definition) is 7. The van der Waals surface area contributed by atoms with Gasteiger partial charge in [0.25, 0.3) is 5.91 Å². The molecule has 2 saturated heterocycles. The molecule has 166 valence electrons. The molecule has 7 nitrogen and oxygen atoms in total. The summed E-state index contributed by atoms with van der Waals surface area (Å²) < 4.78 is 0. The molecule has 0 saturated carbocycles. The fourth-order valence-corrected chi connectivity index (χ4v) is 5.43. The third kappa shape index (κ3) is 4.32. The largest absolute Gasteiger partial charge is 0.356 e. The predicted molar refractivity (Wildman–Crippen MR) is 128 cm³/mol. The van der Waals surface area contributed by atoms with Crippen LogP contribution in [-0.4, -0.2) is 65.0 Å². The maximum Gasteiger partial charge on any atom is 0.265 e. The number of benzene rings is 1. The Kier molecular flexibility index (Phi) is 6.03. The quantitative estimate of drug-likeness (QED) is 0.604. The molecular weight excluding hydrogens is 420 g/mol. The number of carbonyl (C=O) groups excluding carboxylic acids is 1. The van der Waals surface area contributed by atoms with E-state index in [1.165, 1.54) is 30.6 Å². The lowest BCUT2D eigenvalue weighted by Gasteiger charge is -2.35. The van der Waals surface area contributed by atoms with Crippen LogP contribution in [0, 0.1) is 6.92 Å². The number of nitrogens with zero attached hydrogens (tertiary/aromatic N) is 6. The predicted octanol–water partition coefficient (Wildman–Crippen LogP) is 3.86. The van der Waals surface area contributed by atoms with Gasteiger partial charge in [-0.15, -0.1) is 11.3 Å². The monoisotopic (exact) mass is 448 g/mol. The summed E-state index contributed by atoms with van der Waals surface area (Å²) in [4.78, 5) is 34.2. The van der Waals surface area contributed by atoms with Crippen molar-refractivity contribution in [3.8, 4) is 10.6 Å². The van der Waals surface area contributed by atoms with Crippen molar-refractivity contribution in [1.82, 2.24) is 19.9 Å². The second-order valence-electron chi connectivity index (χ2n) is 8.36. The standard InChI is InChI=1S/C24H28N6OS/c1-18-22(32-23(27-18)19-8-4-2-5-9-19)24(31)30-14-12-29(13-15-30)21-16-20(25-17-26-21)28-10-6-3-7-11-28/h2,4-5,8-9,16-17H,3,6-7,10-15H2,1H3. The lowest BCUT2D eigenvalue weighted by molar-refractivity contribution is 0.0750. The molecule has 3 aromatic rings. The molecule has 0 bridgehead atoms. The minimum absolute atomic E-state index is 0.0820.